The SMILES string of the molecule is CCCCC1(C(C)(C)C)CN(C(=O)OC(C)(C)C)c2cc(Br)c(OC)cc2S(=O)(=O)N1C. The molecule has 182 valence electrons. The number of hydrogen-bond acceptors (Lipinski definition) is 5. The van der Waals surface area contributed by atoms with Crippen molar-refractivity contribution >= 4 is 37.7 Å². The maximum absolute atomic E-state index is 14.0. The Morgan fingerprint density at radius 3 is 2.25 bits per heavy atom. The lowest BCUT2D eigenvalue weighted by Gasteiger charge is -2.50. The molecule has 0 bridgehead atoms. The Morgan fingerprint density at radius 2 is 1.78 bits per heavy atom. The van der Waals surface area contributed by atoms with Crippen LogP contribution in [0.1, 0.15) is 67.7 Å². The smallest absolute Gasteiger partial charge is 0.414 e. The van der Waals surface area contributed by atoms with E-state index in [1.54, 1.807) is 33.9 Å². The van der Waals surface area contributed by atoms with Crippen molar-refractivity contribution in [3.8, 4) is 5.75 Å². The Morgan fingerprint density at radius 1 is 1.19 bits per heavy atom. The predicted molar refractivity (Wildman–Crippen MR) is 131 cm³/mol. The molecule has 1 amide bonds. The quantitative estimate of drug-likeness (QED) is 0.489. The highest BCUT2D eigenvalue weighted by Gasteiger charge is 2.54. The fourth-order valence-corrected chi connectivity index (χ4v) is 6.55. The third kappa shape index (κ3) is 4.94. The lowest BCUT2D eigenvalue weighted by atomic mass is 9.70. The molecule has 0 fully saturated rings. The van der Waals surface area contributed by atoms with Crippen LogP contribution in [0.2, 0.25) is 0 Å². The molecule has 0 spiro atoms. The minimum atomic E-state index is -3.95. The summed E-state index contributed by atoms with van der Waals surface area (Å²) < 4.78 is 41.0. The van der Waals surface area contributed by atoms with Gasteiger partial charge in [0.1, 0.15) is 16.2 Å². The number of amides is 1. The lowest BCUT2D eigenvalue weighted by Crippen LogP contribution is -2.62. The molecule has 0 aromatic heterocycles. The van der Waals surface area contributed by atoms with Crippen molar-refractivity contribution in [3.63, 3.8) is 0 Å². The highest BCUT2D eigenvalue weighted by atomic mass is 79.9. The molecule has 9 heteroatoms. The van der Waals surface area contributed by atoms with E-state index in [4.69, 9.17) is 9.47 Å². The van der Waals surface area contributed by atoms with Crippen molar-refractivity contribution in [1.82, 2.24) is 4.31 Å². The third-order valence-electron chi connectivity index (χ3n) is 6.14. The number of sulfonamides is 1. The van der Waals surface area contributed by atoms with Gasteiger partial charge in [-0.25, -0.2) is 13.2 Å². The minimum absolute atomic E-state index is 0.0218. The van der Waals surface area contributed by atoms with Crippen molar-refractivity contribution < 1.29 is 22.7 Å². The summed E-state index contributed by atoms with van der Waals surface area (Å²) in [4.78, 5) is 14.9. The summed E-state index contributed by atoms with van der Waals surface area (Å²) in [5.74, 6) is 0.377. The predicted octanol–water partition coefficient (Wildman–Crippen LogP) is 5.81. The average Bonchev–Trinajstić information content (AvgIpc) is 2.71. The molecule has 1 aliphatic heterocycles. The van der Waals surface area contributed by atoms with Crippen molar-refractivity contribution in [1.29, 1.82) is 0 Å². The molecule has 0 saturated heterocycles. The number of rotatable bonds is 4. The largest absolute Gasteiger partial charge is 0.496 e. The minimum Gasteiger partial charge on any atom is -0.496 e. The van der Waals surface area contributed by atoms with Gasteiger partial charge in [0.05, 0.1) is 22.8 Å². The molecule has 2 rings (SSSR count). The number of likely N-dealkylation sites (N-methyl/N-ethyl adjacent to an activating group) is 1. The number of unbranched alkanes of at least 4 members (excludes halogenated alkanes) is 1. The topological polar surface area (TPSA) is 76.1 Å². The van der Waals surface area contributed by atoms with Crippen LogP contribution in [0, 0.1) is 5.41 Å². The molecule has 0 saturated carbocycles. The van der Waals surface area contributed by atoms with E-state index in [-0.39, 0.29) is 17.1 Å². The van der Waals surface area contributed by atoms with Crippen LogP contribution in [-0.4, -0.2) is 50.7 Å². The molecule has 1 aromatic carbocycles. The number of methoxy groups -OCH3 is 1. The van der Waals surface area contributed by atoms with Gasteiger partial charge < -0.3 is 9.47 Å². The zero-order valence-corrected chi connectivity index (χ0v) is 23.1. The number of carbonyl (C=O) groups excluding carboxylic acids is 1. The Bertz CT molecular complexity index is 966. The fourth-order valence-electron chi connectivity index (χ4n) is 4.19. The van der Waals surface area contributed by atoms with Gasteiger partial charge >= 0.3 is 6.09 Å². The molecule has 1 heterocycles. The van der Waals surface area contributed by atoms with Crippen LogP contribution in [0.25, 0.3) is 0 Å². The summed E-state index contributed by atoms with van der Waals surface area (Å²) in [5.41, 5.74) is -1.77. The first-order valence-electron chi connectivity index (χ1n) is 10.9. The fraction of sp³-hybridized carbons (Fsp3) is 0.696. The average molecular weight is 534 g/mol. The number of halogens is 1. The van der Waals surface area contributed by atoms with Gasteiger partial charge in [-0.2, -0.15) is 4.31 Å². The van der Waals surface area contributed by atoms with Gasteiger partial charge in [0.25, 0.3) is 0 Å². The summed E-state index contributed by atoms with van der Waals surface area (Å²) in [6, 6.07) is 3.10. The van der Waals surface area contributed by atoms with Crippen LogP contribution < -0.4 is 9.64 Å². The standard InChI is InChI=1S/C23H37BrN2O5S/c1-10-11-12-23(21(2,3)4)15-26(20(27)31-22(5,6)7)17-13-16(24)18(30-9)14-19(17)32(28,29)25(23)8/h13-14H,10-12,15H2,1-9H3. The van der Waals surface area contributed by atoms with Gasteiger partial charge in [-0.1, -0.05) is 40.5 Å². The molecular formula is C23H37BrN2O5S. The van der Waals surface area contributed by atoms with E-state index in [2.05, 4.69) is 22.9 Å². The van der Waals surface area contributed by atoms with Gasteiger partial charge in [-0.3, -0.25) is 4.90 Å². The molecule has 1 aliphatic rings. The first kappa shape index (κ1) is 26.9. The van der Waals surface area contributed by atoms with Crippen LogP contribution in [0.5, 0.6) is 5.75 Å². The molecule has 1 unspecified atom stereocenters. The second-order valence-corrected chi connectivity index (χ2v) is 13.2. The second-order valence-electron chi connectivity index (χ2n) is 10.4. The van der Waals surface area contributed by atoms with Crippen molar-refractivity contribution in [2.75, 3.05) is 25.6 Å². The van der Waals surface area contributed by atoms with E-state index in [1.165, 1.54) is 22.4 Å². The summed E-state index contributed by atoms with van der Waals surface area (Å²) in [5, 5.41) is 0. The zero-order valence-electron chi connectivity index (χ0n) is 20.7. The highest BCUT2D eigenvalue weighted by Crippen LogP contribution is 2.48. The number of nitrogens with zero attached hydrogens (tertiary/aromatic N) is 2. The van der Waals surface area contributed by atoms with Gasteiger partial charge in [0.2, 0.25) is 10.0 Å². The molecular weight excluding hydrogens is 496 g/mol. The molecule has 0 N–H and O–H groups in total. The summed E-state index contributed by atoms with van der Waals surface area (Å²) in [7, 11) is -0.859. The van der Waals surface area contributed by atoms with Crippen molar-refractivity contribution in [2.45, 2.75) is 83.8 Å². The van der Waals surface area contributed by atoms with E-state index in [0.29, 0.717) is 16.6 Å². The number of anilines is 1. The normalized spacial score (nSPS) is 21.6. The van der Waals surface area contributed by atoms with Crippen LogP contribution in [0.15, 0.2) is 21.5 Å². The zero-order chi connectivity index (χ0) is 24.7. The summed E-state index contributed by atoms with van der Waals surface area (Å²) in [6.07, 6.45) is 1.76. The molecule has 32 heavy (non-hydrogen) atoms. The maximum Gasteiger partial charge on any atom is 0.414 e. The first-order chi connectivity index (χ1) is 14.5. The number of hydrogen-bond donors (Lipinski definition) is 0. The van der Waals surface area contributed by atoms with E-state index in [0.717, 1.165) is 12.8 Å². The molecule has 7 nitrogen and oxygen atoms in total. The molecule has 1 aromatic rings. The van der Waals surface area contributed by atoms with E-state index in [9.17, 15) is 13.2 Å². The maximum atomic E-state index is 14.0. The van der Waals surface area contributed by atoms with Crippen LogP contribution >= 0.6 is 15.9 Å². The van der Waals surface area contributed by atoms with E-state index < -0.39 is 32.7 Å². The highest BCUT2D eigenvalue weighted by molar-refractivity contribution is 9.10. The molecule has 1 atom stereocenters. The van der Waals surface area contributed by atoms with Gasteiger partial charge in [0, 0.05) is 19.7 Å². The van der Waals surface area contributed by atoms with Crippen LogP contribution in [0.4, 0.5) is 10.5 Å². The Hall–Kier alpha value is -1.32. The molecule has 0 aliphatic carbocycles. The van der Waals surface area contributed by atoms with Crippen molar-refractivity contribution in [3.05, 3.63) is 16.6 Å². The Kier molecular flexibility index (Phi) is 7.69. The Balaban J connectivity index is 2.90. The summed E-state index contributed by atoms with van der Waals surface area (Å²) >= 11 is 3.45. The van der Waals surface area contributed by atoms with Gasteiger partial charge in [-0.05, 0) is 54.6 Å². The monoisotopic (exact) mass is 532 g/mol. The van der Waals surface area contributed by atoms with E-state index >= 15 is 0 Å². The third-order valence-corrected chi connectivity index (χ3v) is 8.71. The summed E-state index contributed by atoms with van der Waals surface area (Å²) in [6.45, 7) is 13.7. The molecule has 0 radical (unpaired) electrons. The number of fused-ring (bicyclic) bond motifs is 1. The first-order valence-corrected chi connectivity index (χ1v) is 13.1. The number of benzene rings is 1. The van der Waals surface area contributed by atoms with Crippen molar-refractivity contribution in [2.24, 2.45) is 5.41 Å². The lowest BCUT2D eigenvalue weighted by molar-refractivity contribution is 0.0435. The second kappa shape index (κ2) is 9.14. The van der Waals surface area contributed by atoms with Gasteiger partial charge in [-0.15, -0.1) is 0 Å². The van der Waals surface area contributed by atoms with Gasteiger partial charge in [0.15, 0.2) is 0 Å². The number of ether oxygens (including phenoxy) is 2. The Labute approximate surface area is 201 Å². The van der Waals surface area contributed by atoms with Crippen LogP contribution in [0.3, 0.4) is 0 Å². The van der Waals surface area contributed by atoms with Crippen LogP contribution in [-0.2, 0) is 14.8 Å². The van der Waals surface area contributed by atoms with E-state index in [1.807, 2.05) is 20.8 Å². The number of carbonyl (C=O) groups is 1.